The van der Waals surface area contributed by atoms with Gasteiger partial charge in [0.05, 0.1) is 6.33 Å². The Balaban J connectivity index is 1.23. The predicted molar refractivity (Wildman–Crippen MR) is 127 cm³/mol. The number of nitrogens with two attached hydrogens (primary N) is 1. The van der Waals surface area contributed by atoms with E-state index in [0.29, 0.717) is 24.4 Å². The molecule has 0 aromatic carbocycles. The minimum absolute atomic E-state index is 0.0781. The monoisotopic (exact) mass is 496 g/mol. The number of hydrogen-bond acceptors (Lipinski definition) is 13. The maximum atomic E-state index is 10.7. The maximum absolute atomic E-state index is 10.7. The minimum atomic E-state index is -1.33. The number of nitrogens with one attached hydrogen (secondary N) is 2. The highest BCUT2D eigenvalue weighted by Crippen LogP contribution is 2.36. The van der Waals surface area contributed by atoms with Gasteiger partial charge in [-0.2, -0.15) is 0 Å². The lowest BCUT2D eigenvalue weighted by Gasteiger charge is -2.18. The molecule has 0 saturated carbocycles. The van der Waals surface area contributed by atoms with Crippen molar-refractivity contribution in [1.82, 2.24) is 44.4 Å². The highest BCUT2D eigenvalue weighted by atomic mass is 16.6. The lowest BCUT2D eigenvalue weighted by Crippen LogP contribution is -2.39. The number of rotatable bonds is 9. The topological polar surface area (TPSA) is 236 Å². The summed E-state index contributed by atoms with van der Waals surface area (Å²) in [4.78, 5) is 27.8. The molecule has 1 fully saturated rings. The molecule has 5 heterocycles. The van der Waals surface area contributed by atoms with Gasteiger partial charge in [-0.05, 0) is 17.6 Å². The van der Waals surface area contributed by atoms with E-state index in [1.54, 1.807) is 6.33 Å². The number of aromatic nitrogens is 8. The first-order valence-electron chi connectivity index (χ1n) is 11.2. The van der Waals surface area contributed by atoms with E-state index in [1.165, 1.54) is 17.2 Å². The average molecular weight is 496 g/mol. The molecule has 0 aliphatic carbocycles. The number of hydrogen-bond donors (Lipinski definition) is 5. The molecule has 4 atom stereocenters. The normalized spacial score (nSPS) is 21.8. The summed E-state index contributed by atoms with van der Waals surface area (Å²) in [6.07, 6.45) is 0.0148. The first kappa shape index (κ1) is 23.6. The molecule has 1 unspecified atom stereocenters. The molecule has 4 aromatic heterocycles. The molecular weight excluding hydrogens is 472 g/mol. The van der Waals surface area contributed by atoms with Gasteiger partial charge in [0.25, 0.3) is 0 Å². The molecular formula is C19H24N14O3. The van der Waals surface area contributed by atoms with Crippen molar-refractivity contribution >= 4 is 39.9 Å². The number of azide groups is 1. The van der Waals surface area contributed by atoms with Crippen LogP contribution in [-0.2, 0) is 11.3 Å². The van der Waals surface area contributed by atoms with Crippen LogP contribution in [0.1, 0.15) is 13.2 Å². The Bertz CT molecular complexity index is 1430. The fourth-order valence-corrected chi connectivity index (χ4v) is 4.13. The molecule has 4 aromatic rings. The Morgan fingerprint density at radius 1 is 1.11 bits per heavy atom. The Labute approximate surface area is 203 Å². The van der Waals surface area contributed by atoms with Crippen molar-refractivity contribution in [3.8, 4) is 0 Å². The van der Waals surface area contributed by atoms with Crippen molar-refractivity contribution in [2.45, 2.75) is 38.0 Å². The van der Waals surface area contributed by atoms with Crippen molar-refractivity contribution in [3.05, 3.63) is 29.4 Å². The van der Waals surface area contributed by atoms with Gasteiger partial charge in [0, 0.05) is 31.1 Å². The zero-order valence-electron chi connectivity index (χ0n) is 19.2. The number of anilines is 2. The second-order valence-corrected chi connectivity index (χ2v) is 8.00. The Morgan fingerprint density at radius 2 is 1.92 bits per heavy atom. The number of imidazole rings is 2. The van der Waals surface area contributed by atoms with Crippen molar-refractivity contribution in [2.24, 2.45) is 5.11 Å². The molecule has 1 aliphatic rings. The van der Waals surface area contributed by atoms with Crippen molar-refractivity contribution in [3.63, 3.8) is 0 Å². The van der Waals surface area contributed by atoms with Crippen LogP contribution in [0.25, 0.3) is 32.8 Å². The Morgan fingerprint density at radius 3 is 2.72 bits per heavy atom. The molecule has 5 rings (SSSR count). The third-order valence-electron chi connectivity index (χ3n) is 5.89. The number of nitrogen functional groups attached to an aromatic ring is 1. The fourth-order valence-electron chi connectivity index (χ4n) is 4.13. The minimum Gasteiger partial charge on any atom is -0.387 e. The van der Waals surface area contributed by atoms with Crippen LogP contribution in [0.4, 0.5) is 17.6 Å². The standard InChI is InChI=1S/C19H24N14O3/c1-2-32-8-28-11-15(25-7-26-16(11)32)23-4-3-22-5-9-12(34)13(35)18(36-9)33-17-10(14(20)24-6-27-17)29-19(33)30-31-21/h6-9,12-13,18,22,34-35H,2-5H2,1H3,(H2,20,24,27)(H,23,25,26)/t9-,12+,13?,18-/m1/s1. The number of ether oxygens (including phenoxy) is 1. The average Bonchev–Trinajstić information content (AvgIpc) is 3.55. The van der Waals surface area contributed by atoms with Crippen LogP contribution < -0.4 is 16.4 Å². The van der Waals surface area contributed by atoms with Crippen LogP contribution >= 0.6 is 0 Å². The molecule has 0 bridgehead atoms. The second-order valence-electron chi connectivity index (χ2n) is 8.00. The summed E-state index contributed by atoms with van der Waals surface area (Å²) in [6, 6.07) is 0. The molecule has 188 valence electrons. The van der Waals surface area contributed by atoms with E-state index in [2.05, 4.69) is 50.6 Å². The molecule has 0 spiro atoms. The van der Waals surface area contributed by atoms with E-state index in [1.807, 2.05) is 11.5 Å². The summed E-state index contributed by atoms with van der Waals surface area (Å²) in [6.45, 7) is 4.03. The fraction of sp³-hybridized carbons (Fsp3) is 0.474. The van der Waals surface area contributed by atoms with Gasteiger partial charge in [-0.25, -0.2) is 29.9 Å². The van der Waals surface area contributed by atoms with Crippen LogP contribution in [-0.4, -0.2) is 87.2 Å². The molecule has 0 amide bonds. The highest BCUT2D eigenvalue weighted by molar-refractivity contribution is 5.84. The van der Waals surface area contributed by atoms with E-state index in [0.717, 1.165) is 12.2 Å². The number of aliphatic hydroxyl groups is 2. The number of fused-ring (bicyclic) bond motifs is 2. The van der Waals surface area contributed by atoms with Crippen LogP contribution in [0, 0.1) is 0 Å². The molecule has 1 saturated heterocycles. The van der Waals surface area contributed by atoms with E-state index in [-0.39, 0.29) is 29.5 Å². The molecule has 17 nitrogen and oxygen atoms in total. The molecule has 17 heteroatoms. The quantitative estimate of drug-likeness (QED) is 0.0878. The van der Waals surface area contributed by atoms with Gasteiger partial charge in [0.1, 0.15) is 36.5 Å². The lowest BCUT2D eigenvalue weighted by molar-refractivity contribution is -0.0330. The van der Waals surface area contributed by atoms with Crippen molar-refractivity contribution < 1.29 is 14.9 Å². The van der Waals surface area contributed by atoms with Crippen LogP contribution in [0.5, 0.6) is 0 Å². The van der Waals surface area contributed by atoms with Gasteiger partial charge in [0.2, 0.25) is 5.95 Å². The summed E-state index contributed by atoms with van der Waals surface area (Å²) in [5, 5.41) is 31.3. The van der Waals surface area contributed by atoms with Crippen molar-refractivity contribution in [1.29, 1.82) is 0 Å². The first-order chi connectivity index (χ1) is 17.5. The van der Waals surface area contributed by atoms with E-state index in [9.17, 15) is 10.2 Å². The third kappa shape index (κ3) is 4.10. The Kier molecular flexibility index (Phi) is 6.45. The van der Waals surface area contributed by atoms with Gasteiger partial charge in [-0.1, -0.05) is 0 Å². The zero-order valence-corrected chi connectivity index (χ0v) is 19.2. The lowest BCUT2D eigenvalue weighted by atomic mass is 10.1. The van der Waals surface area contributed by atoms with E-state index < -0.39 is 24.5 Å². The SMILES string of the molecule is CCn1cnc2c(NCCNC[C@H]3O[C@@H](n4c(N=[N+]=[N-])nc5c(N)ncnc54)C(O)[C@H]3O)ncnc21. The van der Waals surface area contributed by atoms with Crippen molar-refractivity contribution in [2.75, 3.05) is 30.7 Å². The number of aliphatic hydroxyl groups excluding tert-OH is 2. The summed E-state index contributed by atoms with van der Waals surface area (Å²) < 4.78 is 9.16. The molecule has 0 radical (unpaired) electrons. The molecule has 36 heavy (non-hydrogen) atoms. The van der Waals surface area contributed by atoms with Gasteiger partial charge >= 0.3 is 0 Å². The van der Waals surface area contributed by atoms with Crippen LogP contribution in [0.3, 0.4) is 0 Å². The summed E-state index contributed by atoms with van der Waals surface area (Å²) in [5.41, 5.74) is 16.6. The maximum Gasteiger partial charge on any atom is 0.201 e. The largest absolute Gasteiger partial charge is 0.387 e. The van der Waals surface area contributed by atoms with Gasteiger partial charge in [-0.3, -0.25) is 4.57 Å². The summed E-state index contributed by atoms with van der Waals surface area (Å²) in [7, 11) is 0. The summed E-state index contributed by atoms with van der Waals surface area (Å²) >= 11 is 0. The van der Waals surface area contributed by atoms with E-state index >= 15 is 0 Å². The van der Waals surface area contributed by atoms with Gasteiger partial charge < -0.3 is 35.9 Å². The second kappa shape index (κ2) is 9.84. The Hall–Kier alpha value is -4.15. The smallest absolute Gasteiger partial charge is 0.201 e. The van der Waals surface area contributed by atoms with Crippen LogP contribution in [0.15, 0.2) is 24.1 Å². The van der Waals surface area contributed by atoms with Crippen LogP contribution in [0.2, 0.25) is 0 Å². The highest BCUT2D eigenvalue weighted by Gasteiger charge is 2.45. The van der Waals surface area contributed by atoms with Gasteiger partial charge in [0.15, 0.2) is 34.7 Å². The van der Waals surface area contributed by atoms with Gasteiger partial charge in [-0.15, -0.1) is 0 Å². The van der Waals surface area contributed by atoms with E-state index in [4.69, 9.17) is 16.0 Å². The predicted octanol–water partition coefficient (Wildman–Crippen LogP) is -0.169. The number of nitrogens with zero attached hydrogens (tertiary/aromatic N) is 11. The molecule has 6 N–H and O–H groups in total. The third-order valence-corrected chi connectivity index (χ3v) is 5.89. The zero-order chi connectivity index (χ0) is 25.2. The first-order valence-corrected chi connectivity index (χ1v) is 11.2. The summed E-state index contributed by atoms with van der Waals surface area (Å²) in [5.74, 6) is 0.588. The molecule has 1 aliphatic heterocycles. The number of aryl methyl sites for hydroxylation is 1.